The Morgan fingerprint density at radius 1 is 1.38 bits per heavy atom. The maximum absolute atomic E-state index is 9.00. The van der Waals surface area contributed by atoms with Crippen molar-refractivity contribution in [3.8, 4) is 0 Å². The van der Waals surface area contributed by atoms with Gasteiger partial charge in [-0.05, 0) is 24.6 Å². The molecule has 4 heteroatoms. The van der Waals surface area contributed by atoms with E-state index in [1.807, 2.05) is 37.3 Å². The molecule has 1 aromatic heterocycles. The third kappa shape index (κ3) is 2.61. The van der Waals surface area contributed by atoms with Crippen LogP contribution in [0.3, 0.4) is 0 Å². The second kappa shape index (κ2) is 4.81. The third-order valence-corrected chi connectivity index (χ3v) is 2.26. The van der Waals surface area contributed by atoms with Gasteiger partial charge in [0, 0.05) is 11.8 Å². The first-order valence-corrected chi connectivity index (χ1v) is 5.14. The van der Waals surface area contributed by atoms with E-state index in [0.29, 0.717) is 6.54 Å². The molecule has 0 saturated carbocycles. The van der Waals surface area contributed by atoms with Gasteiger partial charge in [0.1, 0.15) is 11.5 Å². The van der Waals surface area contributed by atoms with Crippen LogP contribution in [0.4, 0.5) is 5.69 Å². The minimum absolute atomic E-state index is 0.0542. The number of aromatic nitrogens is 1. The van der Waals surface area contributed by atoms with E-state index in [2.05, 4.69) is 10.5 Å². The zero-order valence-corrected chi connectivity index (χ0v) is 9.10. The lowest BCUT2D eigenvalue weighted by Gasteiger charge is -2.05. The molecule has 0 radical (unpaired) electrons. The van der Waals surface area contributed by atoms with Gasteiger partial charge >= 0.3 is 0 Å². The number of rotatable bonds is 4. The Labute approximate surface area is 93.9 Å². The zero-order chi connectivity index (χ0) is 11.4. The Morgan fingerprint density at radius 2 is 2.25 bits per heavy atom. The highest BCUT2D eigenvalue weighted by Gasteiger charge is 2.00. The lowest BCUT2D eigenvalue weighted by Crippen LogP contribution is -1.99. The first kappa shape index (κ1) is 10.7. The fraction of sp³-hybridized carbons (Fsp3) is 0.250. The molecule has 4 nitrogen and oxygen atoms in total. The van der Waals surface area contributed by atoms with Gasteiger partial charge in [-0.3, -0.25) is 0 Å². The van der Waals surface area contributed by atoms with E-state index in [1.54, 1.807) is 0 Å². The fourth-order valence-electron chi connectivity index (χ4n) is 1.47. The van der Waals surface area contributed by atoms with Crippen LogP contribution in [0.2, 0.25) is 0 Å². The van der Waals surface area contributed by atoms with Crippen LogP contribution >= 0.6 is 0 Å². The second-order valence-electron chi connectivity index (χ2n) is 3.64. The van der Waals surface area contributed by atoms with Crippen molar-refractivity contribution < 1.29 is 9.63 Å². The number of hydrogen-bond donors (Lipinski definition) is 2. The summed E-state index contributed by atoms with van der Waals surface area (Å²) in [4.78, 5) is 0. The normalized spacial score (nSPS) is 10.4. The molecule has 0 aliphatic heterocycles. The molecule has 0 atom stereocenters. The number of benzene rings is 1. The topological polar surface area (TPSA) is 58.3 Å². The summed E-state index contributed by atoms with van der Waals surface area (Å²) in [6.45, 7) is 2.54. The summed E-state index contributed by atoms with van der Waals surface area (Å²) in [6, 6.07) is 9.54. The highest BCUT2D eigenvalue weighted by molar-refractivity contribution is 5.45. The highest BCUT2D eigenvalue weighted by atomic mass is 16.5. The molecule has 0 bridgehead atoms. The van der Waals surface area contributed by atoms with Crippen molar-refractivity contribution in [2.75, 3.05) is 5.32 Å². The highest BCUT2D eigenvalue weighted by Crippen LogP contribution is 2.12. The van der Waals surface area contributed by atoms with E-state index in [0.717, 1.165) is 22.7 Å². The number of aliphatic hydroxyl groups is 1. The predicted octanol–water partition coefficient (Wildman–Crippen LogP) is 2.09. The summed E-state index contributed by atoms with van der Waals surface area (Å²) in [7, 11) is 0. The largest absolute Gasteiger partial charge is 0.392 e. The molecule has 0 aliphatic rings. The van der Waals surface area contributed by atoms with Crippen molar-refractivity contribution in [3.63, 3.8) is 0 Å². The molecule has 0 saturated heterocycles. The van der Waals surface area contributed by atoms with Crippen molar-refractivity contribution >= 4 is 5.69 Å². The van der Waals surface area contributed by atoms with E-state index in [4.69, 9.17) is 9.63 Å². The summed E-state index contributed by atoms with van der Waals surface area (Å²) < 4.78 is 4.97. The first-order valence-electron chi connectivity index (χ1n) is 5.14. The average Bonchev–Trinajstić information content (AvgIpc) is 2.73. The molecule has 1 aromatic carbocycles. The molecular formula is C12H14N2O2. The lowest BCUT2D eigenvalue weighted by atomic mass is 10.2. The molecule has 2 aromatic rings. The Balaban J connectivity index is 1.99. The number of aryl methyl sites for hydroxylation is 1. The quantitative estimate of drug-likeness (QED) is 0.825. The average molecular weight is 218 g/mol. The maximum atomic E-state index is 9.00. The van der Waals surface area contributed by atoms with Crippen LogP contribution in [0, 0.1) is 6.92 Å². The van der Waals surface area contributed by atoms with Gasteiger partial charge < -0.3 is 14.9 Å². The number of hydrogen-bond acceptors (Lipinski definition) is 4. The monoisotopic (exact) mass is 218 g/mol. The van der Waals surface area contributed by atoms with Gasteiger partial charge in [-0.2, -0.15) is 0 Å². The minimum atomic E-state index is 0.0542. The molecule has 16 heavy (non-hydrogen) atoms. The third-order valence-electron chi connectivity index (χ3n) is 2.26. The smallest absolute Gasteiger partial charge is 0.133 e. The molecule has 2 rings (SSSR count). The van der Waals surface area contributed by atoms with Gasteiger partial charge in [0.05, 0.1) is 13.2 Å². The Morgan fingerprint density at radius 3 is 2.94 bits per heavy atom. The Hall–Kier alpha value is -1.81. The lowest BCUT2D eigenvalue weighted by molar-refractivity contribution is 0.282. The van der Waals surface area contributed by atoms with Crippen molar-refractivity contribution in [2.24, 2.45) is 0 Å². The van der Waals surface area contributed by atoms with Crippen molar-refractivity contribution in [1.29, 1.82) is 0 Å². The van der Waals surface area contributed by atoms with E-state index in [1.165, 1.54) is 0 Å². The van der Waals surface area contributed by atoms with Gasteiger partial charge in [-0.1, -0.05) is 17.3 Å². The fourth-order valence-corrected chi connectivity index (χ4v) is 1.47. The maximum Gasteiger partial charge on any atom is 0.133 e. The number of nitrogens with one attached hydrogen (secondary N) is 1. The second-order valence-corrected chi connectivity index (χ2v) is 3.64. The molecule has 0 fully saturated rings. The van der Waals surface area contributed by atoms with Crippen LogP contribution in [-0.4, -0.2) is 10.3 Å². The van der Waals surface area contributed by atoms with Crippen molar-refractivity contribution in [2.45, 2.75) is 20.1 Å². The van der Waals surface area contributed by atoms with Gasteiger partial charge in [0.15, 0.2) is 0 Å². The van der Waals surface area contributed by atoms with Crippen LogP contribution in [0.25, 0.3) is 0 Å². The minimum Gasteiger partial charge on any atom is -0.392 e. The van der Waals surface area contributed by atoms with Crippen LogP contribution in [0.15, 0.2) is 34.9 Å². The zero-order valence-electron chi connectivity index (χ0n) is 9.10. The van der Waals surface area contributed by atoms with Crippen LogP contribution in [-0.2, 0) is 13.2 Å². The summed E-state index contributed by atoms with van der Waals surface area (Å²) >= 11 is 0. The SMILES string of the molecule is Cc1cc(CNc2cccc(CO)c2)no1. The summed E-state index contributed by atoms with van der Waals surface area (Å²) in [5.41, 5.74) is 2.72. The number of anilines is 1. The van der Waals surface area contributed by atoms with E-state index in [-0.39, 0.29) is 6.61 Å². The van der Waals surface area contributed by atoms with Crippen LogP contribution in [0.1, 0.15) is 17.0 Å². The van der Waals surface area contributed by atoms with E-state index in [9.17, 15) is 0 Å². The number of aliphatic hydroxyl groups excluding tert-OH is 1. The van der Waals surface area contributed by atoms with E-state index < -0.39 is 0 Å². The molecule has 2 N–H and O–H groups in total. The molecule has 0 aliphatic carbocycles. The molecule has 84 valence electrons. The van der Waals surface area contributed by atoms with Crippen LogP contribution in [0.5, 0.6) is 0 Å². The molecule has 1 heterocycles. The number of nitrogens with zero attached hydrogens (tertiary/aromatic N) is 1. The first-order chi connectivity index (χ1) is 7.78. The predicted molar refractivity (Wildman–Crippen MR) is 60.9 cm³/mol. The Kier molecular flexibility index (Phi) is 3.22. The Bertz CT molecular complexity index is 466. The van der Waals surface area contributed by atoms with Gasteiger partial charge in [-0.15, -0.1) is 0 Å². The molecule has 0 unspecified atom stereocenters. The summed E-state index contributed by atoms with van der Waals surface area (Å²) in [5.74, 6) is 0.806. The van der Waals surface area contributed by atoms with Crippen molar-refractivity contribution in [3.05, 3.63) is 47.3 Å². The van der Waals surface area contributed by atoms with Crippen LogP contribution < -0.4 is 5.32 Å². The standard InChI is InChI=1S/C12H14N2O2/c1-9-5-12(14-16-9)7-13-11-4-2-3-10(6-11)8-15/h2-6,13,15H,7-8H2,1H3. The summed E-state index contributed by atoms with van der Waals surface area (Å²) in [6.07, 6.45) is 0. The van der Waals surface area contributed by atoms with Gasteiger partial charge in [-0.25, -0.2) is 0 Å². The van der Waals surface area contributed by atoms with Crippen molar-refractivity contribution in [1.82, 2.24) is 5.16 Å². The molecule has 0 spiro atoms. The summed E-state index contributed by atoms with van der Waals surface area (Å²) in [5, 5.41) is 16.1. The molecule has 0 amide bonds. The molecular weight excluding hydrogens is 204 g/mol. The van der Waals surface area contributed by atoms with Gasteiger partial charge in [0.25, 0.3) is 0 Å². The van der Waals surface area contributed by atoms with E-state index >= 15 is 0 Å². The van der Waals surface area contributed by atoms with Gasteiger partial charge in [0.2, 0.25) is 0 Å².